The minimum atomic E-state index is -1.04. The maximum Gasteiger partial charge on any atom is 0.208 e. The summed E-state index contributed by atoms with van der Waals surface area (Å²) in [5.41, 5.74) is 1.43. The molecule has 9 heteroatoms. The van der Waals surface area contributed by atoms with Crippen LogP contribution in [0.15, 0.2) is 40.7 Å². The van der Waals surface area contributed by atoms with Gasteiger partial charge in [-0.1, -0.05) is 17.8 Å². The molecule has 3 rings (SSSR count). The van der Waals surface area contributed by atoms with Crippen molar-refractivity contribution in [1.29, 1.82) is 5.26 Å². The Labute approximate surface area is 175 Å². The van der Waals surface area contributed by atoms with E-state index in [9.17, 15) is 14.0 Å². The monoisotopic (exact) mass is 433 g/mol. The van der Waals surface area contributed by atoms with Crippen LogP contribution in [0.3, 0.4) is 0 Å². The van der Waals surface area contributed by atoms with E-state index >= 15 is 0 Å². The predicted molar refractivity (Wildman–Crippen MR) is 107 cm³/mol. The average Bonchev–Trinajstić information content (AvgIpc) is 3.19. The molecule has 0 bridgehead atoms. The number of methoxy groups -OCH3 is 2. The highest BCUT2D eigenvalue weighted by Gasteiger charge is 2.28. The summed E-state index contributed by atoms with van der Waals surface area (Å²) in [5, 5.41) is 11.9. The molecule has 0 spiro atoms. The highest BCUT2D eigenvalue weighted by atomic mass is 32.2. The molecule has 2 heterocycles. The van der Waals surface area contributed by atoms with Crippen LogP contribution in [0.25, 0.3) is 10.6 Å². The summed E-state index contributed by atoms with van der Waals surface area (Å²) in [5.74, 6) is -1.97. The molecule has 3 aromatic rings. The van der Waals surface area contributed by atoms with Crippen LogP contribution in [0.2, 0.25) is 0 Å². The molecule has 0 saturated carbocycles. The lowest BCUT2D eigenvalue weighted by molar-refractivity contribution is -0.204. The van der Waals surface area contributed by atoms with Crippen molar-refractivity contribution < 1.29 is 18.3 Å². The number of hydrogen-bond acceptors (Lipinski definition) is 7. The highest BCUT2D eigenvalue weighted by molar-refractivity contribution is 7.98. The molecule has 29 heavy (non-hydrogen) atoms. The number of halogens is 2. The van der Waals surface area contributed by atoms with Crippen molar-refractivity contribution in [2.45, 2.75) is 23.5 Å². The first-order valence-electron chi connectivity index (χ1n) is 8.45. The largest absolute Gasteiger partial charge is 0.348 e. The molecular formula is C20H17F2N3O2S2. The fourth-order valence-electron chi connectivity index (χ4n) is 2.51. The second-order valence-electron chi connectivity index (χ2n) is 6.04. The van der Waals surface area contributed by atoms with Gasteiger partial charge in [0.25, 0.3) is 0 Å². The third-order valence-corrected chi connectivity index (χ3v) is 6.24. The van der Waals surface area contributed by atoms with E-state index in [-0.39, 0.29) is 10.6 Å². The molecule has 0 atom stereocenters. The zero-order valence-corrected chi connectivity index (χ0v) is 17.5. The maximum atomic E-state index is 14.0. The Morgan fingerprint density at radius 2 is 1.83 bits per heavy atom. The lowest BCUT2D eigenvalue weighted by Gasteiger charge is -2.26. The SMILES string of the molecule is COC(C)(OC)c1ccc(C#N)c(SCc2csc(-c3c(F)cccc3F)n2)n1. The van der Waals surface area contributed by atoms with Gasteiger partial charge in [-0.2, -0.15) is 5.26 Å². The normalized spacial score (nSPS) is 11.4. The van der Waals surface area contributed by atoms with Gasteiger partial charge in [0.1, 0.15) is 33.4 Å². The van der Waals surface area contributed by atoms with Gasteiger partial charge in [-0.15, -0.1) is 11.3 Å². The van der Waals surface area contributed by atoms with Gasteiger partial charge in [0.15, 0.2) is 0 Å². The van der Waals surface area contributed by atoms with Crippen molar-refractivity contribution >= 4 is 23.1 Å². The Balaban J connectivity index is 1.84. The van der Waals surface area contributed by atoms with Gasteiger partial charge in [-0.3, -0.25) is 0 Å². The minimum Gasteiger partial charge on any atom is -0.348 e. The summed E-state index contributed by atoms with van der Waals surface area (Å²) < 4.78 is 38.7. The van der Waals surface area contributed by atoms with Crippen LogP contribution in [0.1, 0.15) is 23.9 Å². The first kappa shape index (κ1) is 21.3. The Morgan fingerprint density at radius 3 is 2.45 bits per heavy atom. The summed E-state index contributed by atoms with van der Waals surface area (Å²) in [4.78, 5) is 8.85. The van der Waals surface area contributed by atoms with Gasteiger partial charge >= 0.3 is 0 Å². The number of benzene rings is 1. The standard InChI is InChI=1S/C20H17F2N3O2S2/c1-20(26-2,27-3)16-8-7-12(9-23)18(25-16)28-10-13-11-29-19(24-13)17-14(21)5-4-6-15(17)22/h4-8,11H,10H2,1-3H3. The molecule has 0 saturated heterocycles. The van der Waals surface area contributed by atoms with Crippen LogP contribution in [-0.2, 0) is 21.0 Å². The van der Waals surface area contributed by atoms with E-state index in [0.29, 0.717) is 27.7 Å². The molecule has 0 N–H and O–H groups in total. The van der Waals surface area contributed by atoms with Crippen molar-refractivity contribution in [2.75, 3.05) is 14.2 Å². The molecule has 2 aromatic heterocycles. The van der Waals surface area contributed by atoms with Crippen molar-refractivity contribution in [3.8, 4) is 16.6 Å². The molecule has 0 amide bonds. The first-order chi connectivity index (χ1) is 13.9. The van der Waals surface area contributed by atoms with Gasteiger partial charge in [0.2, 0.25) is 5.79 Å². The second-order valence-corrected chi connectivity index (χ2v) is 7.87. The number of thiazole rings is 1. The topological polar surface area (TPSA) is 68.0 Å². The molecule has 0 unspecified atom stereocenters. The molecule has 0 aliphatic heterocycles. The third kappa shape index (κ3) is 4.46. The van der Waals surface area contributed by atoms with Gasteiger partial charge in [0, 0.05) is 25.4 Å². The fourth-order valence-corrected chi connectivity index (χ4v) is 4.35. The Kier molecular flexibility index (Phi) is 6.59. The average molecular weight is 434 g/mol. The number of hydrogen-bond donors (Lipinski definition) is 0. The van der Waals surface area contributed by atoms with Gasteiger partial charge < -0.3 is 9.47 Å². The zero-order valence-electron chi connectivity index (χ0n) is 15.9. The first-order valence-corrected chi connectivity index (χ1v) is 10.3. The predicted octanol–water partition coefficient (Wildman–Crippen LogP) is 5.11. The molecule has 0 radical (unpaired) electrons. The maximum absolute atomic E-state index is 14.0. The van der Waals surface area contributed by atoms with E-state index in [2.05, 4.69) is 16.0 Å². The molecular weight excluding hydrogens is 416 g/mol. The van der Waals surface area contributed by atoms with E-state index in [1.54, 1.807) is 24.4 Å². The number of nitriles is 1. The summed E-state index contributed by atoms with van der Waals surface area (Å²) in [6.45, 7) is 1.73. The lowest BCUT2D eigenvalue weighted by atomic mass is 10.1. The quantitative estimate of drug-likeness (QED) is 0.381. The van der Waals surface area contributed by atoms with Crippen LogP contribution in [0, 0.1) is 23.0 Å². The van der Waals surface area contributed by atoms with Crippen molar-refractivity contribution in [2.24, 2.45) is 0 Å². The second kappa shape index (κ2) is 8.97. The van der Waals surface area contributed by atoms with Gasteiger partial charge in [-0.25, -0.2) is 18.7 Å². The van der Waals surface area contributed by atoms with Crippen LogP contribution in [-0.4, -0.2) is 24.2 Å². The fraction of sp³-hybridized carbons (Fsp3) is 0.250. The van der Waals surface area contributed by atoms with E-state index in [4.69, 9.17) is 9.47 Å². The van der Waals surface area contributed by atoms with Crippen LogP contribution in [0.4, 0.5) is 8.78 Å². The zero-order chi connectivity index (χ0) is 21.0. The minimum absolute atomic E-state index is 0.137. The Bertz CT molecular complexity index is 1040. The number of thioether (sulfide) groups is 1. The van der Waals surface area contributed by atoms with Gasteiger partial charge in [0.05, 0.1) is 16.8 Å². The van der Waals surface area contributed by atoms with Crippen molar-refractivity contribution in [3.05, 3.63) is 64.3 Å². The number of rotatable bonds is 7. The number of pyridine rings is 1. The lowest BCUT2D eigenvalue weighted by Crippen LogP contribution is -2.28. The molecule has 1 aromatic carbocycles. The molecule has 150 valence electrons. The van der Waals surface area contributed by atoms with Crippen LogP contribution in [0.5, 0.6) is 0 Å². The van der Waals surface area contributed by atoms with E-state index in [0.717, 1.165) is 11.3 Å². The highest BCUT2D eigenvalue weighted by Crippen LogP contribution is 2.33. The van der Waals surface area contributed by atoms with E-state index in [1.165, 1.54) is 44.2 Å². The molecule has 0 aliphatic carbocycles. The number of nitrogens with zero attached hydrogens (tertiary/aromatic N) is 3. The summed E-state index contributed by atoms with van der Waals surface area (Å²) in [6.07, 6.45) is 0. The Hall–Kier alpha value is -2.38. The van der Waals surface area contributed by atoms with E-state index < -0.39 is 17.4 Å². The third-order valence-electron chi connectivity index (χ3n) is 4.31. The summed E-state index contributed by atoms with van der Waals surface area (Å²) in [6, 6.07) is 9.16. The summed E-state index contributed by atoms with van der Waals surface area (Å²) in [7, 11) is 3.02. The number of ether oxygens (including phenoxy) is 2. The van der Waals surface area contributed by atoms with Gasteiger partial charge in [-0.05, 0) is 31.2 Å². The summed E-state index contributed by atoms with van der Waals surface area (Å²) >= 11 is 2.47. The molecule has 0 fully saturated rings. The smallest absolute Gasteiger partial charge is 0.208 e. The van der Waals surface area contributed by atoms with Crippen molar-refractivity contribution in [3.63, 3.8) is 0 Å². The molecule has 5 nitrogen and oxygen atoms in total. The number of aromatic nitrogens is 2. The van der Waals surface area contributed by atoms with Crippen molar-refractivity contribution in [1.82, 2.24) is 9.97 Å². The van der Waals surface area contributed by atoms with Crippen LogP contribution < -0.4 is 0 Å². The molecule has 0 aliphatic rings. The van der Waals surface area contributed by atoms with E-state index in [1.807, 2.05) is 0 Å². The Morgan fingerprint density at radius 1 is 1.14 bits per heavy atom. The van der Waals surface area contributed by atoms with Crippen LogP contribution >= 0.6 is 23.1 Å².